The zero-order chi connectivity index (χ0) is 15.9. The minimum absolute atomic E-state index is 0.0366. The number of hydrogen-bond donors (Lipinski definition) is 0. The first-order valence-corrected chi connectivity index (χ1v) is 9.56. The molecule has 0 saturated carbocycles. The highest BCUT2D eigenvalue weighted by molar-refractivity contribution is 9.10. The second-order valence-electron chi connectivity index (χ2n) is 4.35. The van der Waals surface area contributed by atoms with Gasteiger partial charge in [0.15, 0.2) is 0 Å². The fourth-order valence-corrected chi connectivity index (χ4v) is 3.03. The van der Waals surface area contributed by atoms with Gasteiger partial charge in [-0.2, -0.15) is 0 Å². The molecule has 1 aromatic carbocycles. The average Bonchev–Trinajstić information content (AvgIpc) is 2.37. The largest absolute Gasteiger partial charge is 0.486 e. The Morgan fingerprint density at radius 2 is 1.90 bits per heavy atom. The van der Waals surface area contributed by atoms with E-state index in [-0.39, 0.29) is 17.2 Å². The van der Waals surface area contributed by atoms with Gasteiger partial charge in [-0.3, -0.25) is 10.1 Å². The predicted molar refractivity (Wildman–Crippen MR) is 84.4 cm³/mol. The van der Waals surface area contributed by atoms with Gasteiger partial charge in [-0.15, -0.1) is 0 Å². The number of rotatable bonds is 9. The van der Waals surface area contributed by atoms with E-state index in [9.17, 15) is 18.5 Å². The number of unbranched alkanes of at least 4 members (excludes halogenated alkanes) is 3. The van der Waals surface area contributed by atoms with E-state index in [0.717, 1.165) is 6.42 Å². The van der Waals surface area contributed by atoms with Crippen LogP contribution >= 0.6 is 26.6 Å². The molecule has 0 N–H and O–H groups in total. The standard InChI is InChI=1S/C12H15BrClNO5S/c13-10-6-5-7-11(15(16)17)12(10)20-8-3-1-2-4-9-21(14,18)19/h5-7H,1-4,8-9H2. The van der Waals surface area contributed by atoms with Crippen LogP contribution in [0.15, 0.2) is 22.7 Å². The number of benzene rings is 1. The van der Waals surface area contributed by atoms with Gasteiger partial charge in [0.05, 0.1) is 21.8 Å². The highest BCUT2D eigenvalue weighted by Gasteiger charge is 2.17. The summed E-state index contributed by atoms with van der Waals surface area (Å²) in [6.45, 7) is 0.330. The van der Waals surface area contributed by atoms with Gasteiger partial charge in [0.1, 0.15) is 0 Å². The summed E-state index contributed by atoms with van der Waals surface area (Å²) in [6.07, 6.45) is 2.67. The molecule has 0 spiro atoms. The molecule has 0 amide bonds. The summed E-state index contributed by atoms with van der Waals surface area (Å²) in [4.78, 5) is 10.4. The number of nitro benzene ring substituents is 1. The third-order valence-corrected chi connectivity index (χ3v) is 4.54. The number of para-hydroxylation sites is 1. The Morgan fingerprint density at radius 1 is 1.24 bits per heavy atom. The molecule has 1 aromatic rings. The van der Waals surface area contributed by atoms with Crippen LogP contribution < -0.4 is 4.74 Å². The van der Waals surface area contributed by atoms with Crippen LogP contribution in [0.25, 0.3) is 0 Å². The van der Waals surface area contributed by atoms with E-state index in [4.69, 9.17) is 15.4 Å². The molecular formula is C12H15BrClNO5S. The normalized spacial score (nSPS) is 11.3. The molecule has 0 radical (unpaired) electrons. The lowest BCUT2D eigenvalue weighted by Gasteiger charge is -2.08. The second-order valence-corrected chi connectivity index (χ2v) is 8.10. The summed E-state index contributed by atoms with van der Waals surface area (Å²) in [7, 11) is 1.68. The van der Waals surface area contributed by atoms with Gasteiger partial charge in [0.25, 0.3) is 0 Å². The van der Waals surface area contributed by atoms with Gasteiger partial charge in [0, 0.05) is 16.7 Å². The van der Waals surface area contributed by atoms with Gasteiger partial charge in [-0.05, 0) is 34.8 Å². The van der Waals surface area contributed by atoms with Crippen LogP contribution in [0.4, 0.5) is 5.69 Å². The van der Waals surface area contributed by atoms with Crippen molar-refractivity contribution in [3.05, 3.63) is 32.8 Å². The first-order valence-electron chi connectivity index (χ1n) is 6.29. The topological polar surface area (TPSA) is 86.5 Å². The van der Waals surface area contributed by atoms with Crippen LogP contribution in [0, 0.1) is 10.1 Å². The van der Waals surface area contributed by atoms with E-state index >= 15 is 0 Å². The molecule has 1 rings (SSSR count). The van der Waals surface area contributed by atoms with Gasteiger partial charge < -0.3 is 4.74 Å². The fraction of sp³-hybridized carbons (Fsp3) is 0.500. The lowest BCUT2D eigenvalue weighted by atomic mass is 10.2. The van der Waals surface area contributed by atoms with Crippen molar-refractivity contribution in [3.63, 3.8) is 0 Å². The molecule has 9 heteroatoms. The summed E-state index contributed by atoms with van der Waals surface area (Å²) in [5.74, 6) is 0.177. The maximum Gasteiger partial charge on any atom is 0.312 e. The molecule has 0 fully saturated rings. The molecule has 0 aliphatic rings. The zero-order valence-electron chi connectivity index (χ0n) is 11.1. The maximum atomic E-state index is 10.9. The second kappa shape index (κ2) is 8.55. The molecule has 0 saturated heterocycles. The first-order chi connectivity index (χ1) is 9.81. The number of halogens is 2. The average molecular weight is 401 g/mol. The fourth-order valence-electron chi connectivity index (χ4n) is 1.69. The molecular weight excluding hydrogens is 386 g/mol. The molecule has 0 unspecified atom stereocenters. The van der Waals surface area contributed by atoms with Crippen molar-refractivity contribution in [3.8, 4) is 5.75 Å². The Bertz CT molecular complexity index is 593. The molecule has 21 heavy (non-hydrogen) atoms. The van der Waals surface area contributed by atoms with Crippen LogP contribution in [0.1, 0.15) is 25.7 Å². The molecule has 0 heterocycles. The molecule has 0 aliphatic carbocycles. The Hall–Kier alpha value is -0.860. The van der Waals surface area contributed by atoms with Crippen molar-refractivity contribution >= 4 is 41.4 Å². The van der Waals surface area contributed by atoms with Crippen LogP contribution in [0.5, 0.6) is 5.75 Å². The first kappa shape index (κ1) is 18.2. The van der Waals surface area contributed by atoms with Crippen molar-refractivity contribution in [1.82, 2.24) is 0 Å². The van der Waals surface area contributed by atoms with Crippen molar-refractivity contribution in [2.24, 2.45) is 0 Å². The minimum atomic E-state index is -3.42. The number of nitro groups is 1. The van der Waals surface area contributed by atoms with E-state index in [2.05, 4.69) is 15.9 Å². The highest BCUT2D eigenvalue weighted by atomic mass is 79.9. The van der Waals surface area contributed by atoms with Crippen LogP contribution in [0.2, 0.25) is 0 Å². The molecule has 0 atom stereocenters. The Balaban J connectivity index is 2.35. The zero-order valence-corrected chi connectivity index (χ0v) is 14.3. The molecule has 0 bridgehead atoms. The SMILES string of the molecule is O=[N+]([O-])c1cccc(Br)c1OCCCCCCS(=O)(=O)Cl. The molecule has 6 nitrogen and oxygen atoms in total. The summed E-state index contributed by atoms with van der Waals surface area (Å²) >= 11 is 3.22. The van der Waals surface area contributed by atoms with Crippen molar-refractivity contribution in [2.45, 2.75) is 25.7 Å². The van der Waals surface area contributed by atoms with Gasteiger partial charge in [-0.1, -0.05) is 18.9 Å². The van der Waals surface area contributed by atoms with E-state index in [0.29, 0.717) is 30.3 Å². The van der Waals surface area contributed by atoms with Gasteiger partial charge in [0.2, 0.25) is 14.8 Å². The van der Waals surface area contributed by atoms with E-state index in [1.807, 2.05) is 0 Å². The lowest BCUT2D eigenvalue weighted by Crippen LogP contribution is -2.02. The van der Waals surface area contributed by atoms with Gasteiger partial charge in [-0.25, -0.2) is 8.42 Å². The quantitative estimate of drug-likeness (QED) is 0.272. The third kappa shape index (κ3) is 7.10. The Morgan fingerprint density at radius 3 is 2.52 bits per heavy atom. The third-order valence-electron chi connectivity index (χ3n) is 2.67. The van der Waals surface area contributed by atoms with Crippen molar-refractivity contribution in [1.29, 1.82) is 0 Å². The summed E-state index contributed by atoms with van der Waals surface area (Å²) < 4.78 is 27.4. The monoisotopic (exact) mass is 399 g/mol. The van der Waals surface area contributed by atoms with Crippen LogP contribution in [0.3, 0.4) is 0 Å². The molecule has 118 valence electrons. The number of nitrogens with zero attached hydrogens (tertiary/aromatic N) is 1. The van der Waals surface area contributed by atoms with E-state index in [1.54, 1.807) is 12.1 Å². The smallest absolute Gasteiger partial charge is 0.312 e. The predicted octanol–water partition coefficient (Wildman–Crippen LogP) is 3.87. The Kier molecular flexibility index (Phi) is 7.41. The van der Waals surface area contributed by atoms with E-state index < -0.39 is 14.0 Å². The maximum absolute atomic E-state index is 10.9. The van der Waals surface area contributed by atoms with Crippen LogP contribution in [-0.2, 0) is 9.05 Å². The summed E-state index contributed by atoms with van der Waals surface area (Å²) in [5, 5.41) is 10.9. The summed E-state index contributed by atoms with van der Waals surface area (Å²) in [6, 6.07) is 4.63. The lowest BCUT2D eigenvalue weighted by molar-refractivity contribution is -0.386. The molecule has 0 aromatic heterocycles. The summed E-state index contributed by atoms with van der Waals surface area (Å²) in [5.41, 5.74) is -0.0855. The number of hydrogen-bond acceptors (Lipinski definition) is 5. The van der Waals surface area contributed by atoms with Crippen LogP contribution in [-0.4, -0.2) is 25.7 Å². The molecule has 0 aliphatic heterocycles. The van der Waals surface area contributed by atoms with Crippen molar-refractivity contribution < 1.29 is 18.1 Å². The number of ether oxygens (including phenoxy) is 1. The highest BCUT2D eigenvalue weighted by Crippen LogP contribution is 2.34. The van der Waals surface area contributed by atoms with E-state index in [1.165, 1.54) is 6.07 Å². The minimum Gasteiger partial charge on any atom is -0.486 e. The van der Waals surface area contributed by atoms with Crippen molar-refractivity contribution in [2.75, 3.05) is 12.4 Å². The van der Waals surface area contributed by atoms with Gasteiger partial charge >= 0.3 is 5.69 Å². The Labute approximate surface area is 136 Å².